The van der Waals surface area contributed by atoms with Crippen molar-refractivity contribution >= 4 is 66.0 Å². The average molecular weight is 686 g/mol. The van der Waals surface area contributed by atoms with Gasteiger partial charge >= 0.3 is 5.97 Å². The Bertz CT molecular complexity index is 1860. The number of halogens is 2. The Hall–Kier alpha value is -3.21. The summed E-state index contributed by atoms with van der Waals surface area (Å²) in [6, 6.07) is 14.6. The molecule has 0 saturated carbocycles. The summed E-state index contributed by atoms with van der Waals surface area (Å²) in [6.07, 6.45) is 1.80. The number of hydrogen-bond acceptors (Lipinski definition) is 7. The fourth-order valence-corrected chi connectivity index (χ4v) is 7.34. The van der Waals surface area contributed by atoms with Crippen LogP contribution in [-0.4, -0.2) is 30.9 Å². The Kier molecular flexibility index (Phi) is 8.30. The Morgan fingerprint density at radius 3 is 2.62 bits per heavy atom. The highest BCUT2D eigenvalue weighted by molar-refractivity contribution is 9.11. The number of aromatic nitrogens is 1. The number of carbonyl (C=O) groups excluding carboxylic acids is 1. The molecule has 1 aliphatic heterocycles. The van der Waals surface area contributed by atoms with E-state index in [1.54, 1.807) is 31.6 Å². The maximum Gasteiger partial charge on any atom is 0.338 e. The lowest BCUT2D eigenvalue weighted by atomic mass is 9.90. The molecule has 0 saturated heterocycles. The summed E-state index contributed by atoms with van der Waals surface area (Å²) >= 11 is 8.36. The number of esters is 1. The van der Waals surface area contributed by atoms with Gasteiger partial charge in [0.2, 0.25) is 0 Å². The number of rotatable bonds is 7. The molecule has 206 valence electrons. The van der Waals surface area contributed by atoms with Gasteiger partial charge in [0.15, 0.2) is 4.80 Å². The van der Waals surface area contributed by atoms with Gasteiger partial charge in [0.1, 0.15) is 17.5 Å². The second kappa shape index (κ2) is 11.7. The predicted octanol–water partition coefficient (Wildman–Crippen LogP) is 5.88. The van der Waals surface area contributed by atoms with Crippen LogP contribution in [0, 0.1) is 0 Å². The van der Waals surface area contributed by atoms with E-state index in [0.717, 1.165) is 25.3 Å². The van der Waals surface area contributed by atoms with Crippen LogP contribution >= 0.6 is 43.2 Å². The summed E-state index contributed by atoms with van der Waals surface area (Å²) in [4.78, 5) is 32.8. The highest BCUT2D eigenvalue weighted by Gasteiger charge is 2.36. The van der Waals surface area contributed by atoms with Gasteiger partial charge in [0.25, 0.3) is 5.56 Å². The van der Waals surface area contributed by atoms with E-state index in [-0.39, 0.29) is 12.2 Å². The molecule has 10 heteroatoms. The number of allylic oxidation sites excluding steroid dienone is 1. The molecule has 0 N–H and O–H groups in total. The van der Waals surface area contributed by atoms with Gasteiger partial charge in [-0.15, -0.1) is 0 Å². The van der Waals surface area contributed by atoms with Crippen LogP contribution in [0.3, 0.4) is 0 Å². The van der Waals surface area contributed by atoms with E-state index in [4.69, 9.17) is 19.2 Å². The van der Waals surface area contributed by atoms with Gasteiger partial charge in [-0.05, 0) is 71.7 Å². The molecule has 7 nitrogen and oxygen atoms in total. The number of carbonyl (C=O) groups is 1. The normalized spacial score (nSPS) is 15.2. The van der Waals surface area contributed by atoms with Crippen LogP contribution in [-0.2, 0) is 9.53 Å². The lowest BCUT2D eigenvalue weighted by Crippen LogP contribution is -2.40. The fourth-order valence-electron chi connectivity index (χ4n) is 4.93. The molecule has 1 aliphatic rings. The smallest absolute Gasteiger partial charge is 0.338 e. The molecule has 0 fully saturated rings. The van der Waals surface area contributed by atoms with Crippen LogP contribution in [0.2, 0.25) is 0 Å². The standard InChI is InChI=1S/C30H26Br2N2O5S/c1-5-38-27-18(13-19(31)15-21(27)32)14-23-28(35)34-26(24(29(36)39-6-2)16(3)33-30(34)40-23)25-20-10-8-7-9-17(20)11-12-22(25)37-4/h7-15,26H,5-6H2,1-4H3/b23-14-/t26-/m0/s1. The fraction of sp³-hybridized carbons (Fsp3) is 0.233. The number of methoxy groups -OCH3 is 1. The van der Waals surface area contributed by atoms with E-state index in [0.29, 0.717) is 44.3 Å². The van der Waals surface area contributed by atoms with E-state index in [2.05, 4.69) is 31.9 Å². The van der Waals surface area contributed by atoms with E-state index < -0.39 is 12.0 Å². The quantitative estimate of drug-likeness (QED) is 0.227. The minimum atomic E-state index is -0.806. The molecule has 2 heterocycles. The number of thiazole rings is 1. The minimum absolute atomic E-state index is 0.192. The highest BCUT2D eigenvalue weighted by atomic mass is 79.9. The van der Waals surface area contributed by atoms with Gasteiger partial charge in [-0.3, -0.25) is 9.36 Å². The maximum absolute atomic E-state index is 14.2. The summed E-state index contributed by atoms with van der Waals surface area (Å²) in [5, 5.41) is 1.83. The van der Waals surface area contributed by atoms with Crippen LogP contribution in [0.5, 0.6) is 11.5 Å². The Labute approximate surface area is 251 Å². The molecule has 4 aromatic rings. The average Bonchev–Trinajstić information content (AvgIpc) is 3.23. The monoisotopic (exact) mass is 684 g/mol. The highest BCUT2D eigenvalue weighted by Crippen LogP contribution is 2.40. The third kappa shape index (κ3) is 5.04. The van der Waals surface area contributed by atoms with Gasteiger partial charge in [0.05, 0.1) is 40.6 Å². The van der Waals surface area contributed by atoms with E-state index in [9.17, 15) is 9.59 Å². The van der Waals surface area contributed by atoms with Crippen molar-refractivity contribution < 1.29 is 19.0 Å². The lowest BCUT2D eigenvalue weighted by Gasteiger charge is -2.27. The maximum atomic E-state index is 14.2. The lowest BCUT2D eigenvalue weighted by molar-refractivity contribution is -0.139. The van der Waals surface area contributed by atoms with Crippen molar-refractivity contribution in [2.24, 2.45) is 4.99 Å². The van der Waals surface area contributed by atoms with Gasteiger partial charge in [0, 0.05) is 15.6 Å². The molecule has 0 spiro atoms. The Morgan fingerprint density at radius 1 is 1.12 bits per heavy atom. The molecule has 40 heavy (non-hydrogen) atoms. The number of hydrogen-bond donors (Lipinski definition) is 0. The molecule has 0 radical (unpaired) electrons. The molecule has 0 amide bonds. The van der Waals surface area contributed by atoms with Gasteiger partial charge in [-0.2, -0.15) is 0 Å². The minimum Gasteiger partial charge on any atom is -0.496 e. The molecule has 0 aliphatic carbocycles. The first kappa shape index (κ1) is 28.3. The van der Waals surface area contributed by atoms with Crippen LogP contribution in [0.15, 0.2) is 78.5 Å². The Balaban J connectivity index is 1.85. The first-order chi connectivity index (χ1) is 19.3. The van der Waals surface area contributed by atoms with Gasteiger partial charge in [-0.25, -0.2) is 9.79 Å². The molecule has 0 unspecified atom stereocenters. The first-order valence-corrected chi connectivity index (χ1v) is 15.1. The van der Waals surface area contributed by atoms with Crippen LogP contribution in [0.4, 0.5) is 0 Å². The van der Waals surface area contributed by atoms with Crippen LogP contribution in [0.1, 0.15) is 37.9 Å². The Morgan fingerprint density at radius 2 is 1.90 bits per heavy atom. The predicted molar refractivity (Wildman–Crippen MR) is 164 cm³/mol. The second-order valence-electron chi connectivity index (χ2n) is 8.94. The summed E-state index contributed by atoms with van der Waals surface area (Å²) < 4.78 is 20.8. The molecule has 0 bridgehead atoms. The third-order valence-electron chi connectivity index (χ3n) is 6.55. The molecule has 5 rings (SSSR count). The zero-order chi connectivity index (χ0) is 28.6. The van der Waals surface area contributed by atoms with Crippen molar-refractivity contribution in [1.29, 1.82) is 0 Å². The molecule has 1 atom stereocenters. The van der Waals surface area contributed by atoms with E-state index in [1.165, 1.54) is 11.3 Å². The summed E-state index contributed by atoms with van der Waals surface area (Å²) in [5.74, 6) is 0.670. The molecular formula is C30H26Br2N2O5S. The van der Waals surface area contributed by atoms with Crippen molar-refractivity contribution in [1.82, 2.24) is 4.57 Å². The van der Waals surface area contributed by atoms with Crippen LogP contribution in [0.25, 0.3) is 16.8 Å². The van der Waals surface area contributed by atoms with Crippen LogP contribution < -0.4 is 24.4 Å². The van der Waals surface area contributed by atoms with Crippen molar-refractivity contribution in [3.8, 4) is 11.5 Å². The summed E-state index contributed by atoms with van der Waals surface area (Å²) in [6.45, 7) is 6.08. The van der Waals surface area contributed by atoms with Gasteiger partial charge in [-0.1, -0.05) is 57.6 Å². The van der Waals surface area contributed by atoms with Crippen molar-refractivity contribution in [2.45, 2.75) is 26.8 Å². The number of benzene rings is 3. The molecular weight excluding hydrogens is 660 g/mol. The second-order valence-corrected chi connectivity index (χ2v) is 11.7. The van der Waals surface area contributed by atoms with E-state index >= 15 is 0 Å². The summed E-state index contributed by atoms with van der Waals surface area (Å²) in [5.41, 5.74) is 1.94. The zero-order valence-corrected chi connectivity index (χ0v) is 26.3. The summed E-state index contributed by atoms with van der Waals surface area (Å²) in [7, 11) is 1.58. The SMILES string of the molecule is CCOC(=O)C1=C(C)N=c2s/c(=C\c3cc(Br)cc(Br)c3OCC)c(=O)n2[C@@H]1c1c(OC)ccc2ccccc12. The number of nitrogens with zero attached hydrogens (tertiary/aromatic N) is 2. The van der Waals surface area contributed by atoms with Crippen molar-refractivity contribution in [3.63, 3.8) is 0 Å². The zero-order valence-electron chi connectivity index (χ0n) is 22.3. The first-order valence-electron chi connectivity index (χ1n) is 12.7. The number of ether oxygens (including phenoxy) is 3. The largest absolute Gasteiger partial charge is 0.496 e. The van der Waals surface area contributed by atoms with Crippen molar-refractivity contribution in [3.05, 3.63) is 99.6 Å². The number of fused-ring (bicyclic) bond motifs is 2. The molecule has 1 aromatic heterocycles. The third-order valence-corrected chi connectivity index (χ3v) is 8.58. The van der Waals surface area contributed by atoms with Gasteiger partial charge < -0.3 is 14.2 Å². The topological polar surface area (TPSA) is 79.1 Å². The molecule has 3 aromatic carbocycles. The van der Waals surface area contributed by atoms with Crippen molar-refractivity contribution in [2.75, 3.05) is 20.3 Å². The van der Waals surface area contributed by atoms with E-state index in [1.807, 2.05) is 55.5 Å².